The first-order valence-corrected chi connectivity index (χ1v) is 11.8. The summed E-state index contributed by atoms with van der Waals surface area (Å²) in [6.07, 6.45) is 2.05. The van der Waals surface area contributed by atoms with Crippen molar-refractivity contribution in [2.75, 3.05) is 5.75 Å². The third-order valence-corrected chi connectivity index (χ3v) is 10.1. The van der Waals surface area contributed by atoms with Crippen LogP contribution in [0.5, 0.6) is 5.75 Å². The number of rotatable bonds is 2. The zero-order valence-corrected chi connectivity index (χ0v) is 17.1. The van der Waals surface area contributed by atoms with Gasteiger partial charge in [0, 0.05) is 18.9 Å². The van der Waals surface area contributed by atoms with Crippen LogP contribution in [0.2, 0.25) is 0 Å². The lowest BCUT2D eigenvalue weighted by molar-refractivity contribution is -0.117. The molecule has 1 spiro atoms. The van der Waals surface area contributed by atoms with Gasteiger partial charge in [-0.2, -0.15) is 0 Å². The van der Waals surface area contributed by atoms with Crippen molar-refractivity contribution in [3.05, 3.63) is 41.3 Å². The third-order valence-electron chi connectivity index (χ3n) is 4.82. The standard InChI is InChI=1S/C19H20O4S3/c1-18(2)12-19(9-8-13(20)11-24-19)17-15(23-18)10-16(25-17)26(21,22)14-6-4-3-5-7-14/h3-7,10H,8-9,11-12H2,1-2H3. The van der Waals surface area contributed by atoms with Gasteiger partial charge in [0.05, 0.1) is 20.3 Å². The Labute approximate surface area is 161 Å². The molecule has 7 heteroatoms. The van der Waals surface area contributed by atoms with E-state index in [-0.39, 0.29) is 10.5 Å². The number of carbonyl (C=O) groups is 1. The molecule has 138 valence electrons. The highest BCUT2D eigenvalue weighted by Gasteiger charge is 2.49. The van der Waals surface area contributed by atoms with Crippen molar-refractivity contribution in [3.63, 3.8) is 0 Å². The fourth-order valence-corrected chi connectivity index (χ4v) is 8.45. The van der Waals surface area contributed by atoms with E-state index in [0.29, 0.717) is 27.0 Å². The normalized spacial score (nSPS) is 24.9. The zero-order valence-electron chi connectivity index (χ0n) is 14.7. The fourth-order valence-electron chi connectivity index (χ4n) is 3.72. The first-order chi connectivity index (χ1) is 12.2. The summed E-state index contributed by atoms with van der Waals surface area (Å²) in [6, 6.07) is 10.1. The predicted octanol–water partition coefficient (Wildman–Crippen LogP) is 4.43. The summed E-state index contributed by atoms with van der Waals surface area (Å²) in [5, 5.41) is 0. The average molecular weight is 409 g/mol. The molecule has 0 aliphatic carbocycles. The third kappa shape index (κ3) is 3.00. The second kappa shape index (κ2) is 6.11. The number of hydrogen-bond acceptors (Lipinski definition) is 6. The number of thiophene rings is 1. The van der Waals surface area contributed by atoms with Gasteiger partial charge in [-0.25, -0.2) is 8.42 Å². The van der Waals surface area contributed by atoms with E-state index in [0.717, 1.165) is 17.7 Å². The van der Waals surface area contributed by atoms with E-state index in [1.807, 2.05) is 13.8 Å². The molecule has 2 aliphatic heterocycles. The topological polar surface area (TPSA) is 60.4 Å². The number of ketones is 1. The van der Waals surface area contributed by atoms with Crippen molar-refractivity contribution in [2.45, 2.75) is 52.6 Å². The van der Waals surface area contributed by atoms with Gasteiger partial charge in [0.2, 0.25) is 9.84 Å². The van der Waals surface area contributed by atoms with Gasteiger partial charge >= 0.3 is 0 Å². The first-order valence-electron chi connectivity index (χ1n) is 8.51. The van der Waals surface area contributed by atoms with Crippen molar-refractivity contribution in [1.82, 2.24) is 0 Å². The minimum atomic E-state index is -3.57. The van der Waals surface area contributed by atoms with E-state index < -0.39 is 15.4 Å². The summed E-state index contributed by atoms with van der Waals surface area (Å²) in [4.78, 5) is 13.0. The number of thioether (sulfide) groups is 1. The number of ether oxygens (including phenoxy) is 1. The van der Waals surface area contributed by atoms with E-state index in [1.54, 1.807) is 48.2 Å². The minimum absolute atomic E-state index is 0.236. The molecule has 26 heavy (non-hydrogen) atoms. The van der Waals surface area contributed by atoms with Crippen LogP contribution in [0.15, 0.2) is 45.5 Å². The Balaban J connectivity index is 1.82. The van der Waals surface area contributed by atoms with Crippen LogP contribution in [0.3, 0.4) is 0 Å². The van der Waals surface area contributed by atoms with Crippen LogP contribution in [0.1, 0.15) is 38.0 Å². The van der Waals surface area contributed by atoms with Crippen LogP contribution in [0, 0.1) is 0 Å². The average Bonchev–Trinajstić information content (AvgIpc) is 3.03. The van der Waals surface area contributed by atoms with Gasteiger partial charge in [-0.05, 0) is 32.4 Å². The summed E-state index contributed by atoms with van der Waals surface area (Å²) in [5.41, 5.74) is -0.394. The Morgan fingerprint density at radius 2 is 1.88 bits per heavy atom. The summed E-state index contributed by atoms with van der Waals surface area (Å²) in [7, 11) is -3.57. The lowest BCUT2D eigenvalue weighted by Crippen LogP contribution is -2.44. The van der Waals surface area contributed by atoms with E-state index >= 15 is 0 Å². The Morgan fingerprint density at radius 3 is 2.54 bits per heavy atom. The number of fused-ring (bicyclic) bond motifs is 2. The van der Waals surface area contributed by atoms with E-state index in [9.17, 15) is 13.2 Å². The van der Waals surface area contributed by atoms with E-state index in [1.165, 1.54) is 11.3 Å². The van der Waals surface area contributed by atoms with Crippen molar-refractivity contribution >= 4 is 38.7 Å². The second-order valence-corrected chi connectivity index (χ2v) is 12.0. The molecule has 1 saturated heterocycles. The largest absolute Gasteiger partial charge is 0.487 e. The Kier molecular flexibility index (Phi) is 4.24. The smallest absolute Gasteiger partial charge is 0.216 e. The molecular formula is C19H20O4S3. The highest BCUT2D eigenvalue weighted by atomic mass is 32.2. The van der Waals surface area contributed by atoms with Crippen LogP contribution in [0.4, 0.5) is 0 Å². The molecule has 1 atom stereocenters. The molecule has 1 aromatic carbocycles. The van der Waals surface area contributed by atoms with Gasteiger partial charge in [0.25, 0.3) is 0 Å². The number of sulfone groups is 1. The molecule has 0 bridgehead atoms. The lowest BCUT2D eigenvalue weighted by Gasteiger charge is -2.45. The molecular weight excluding hydrogens is 388 g/mol. The molecule has 2 aliphatic rings. The molecule has 1 unspecified atom stereocenters. The number of Topliss-reactive ketones (excluding diaryl/α,β-unsaturated/α-hetero) is 1. The van der Waals surface area contributed by atoms with Crippen LogP contribution >= 0.6 is 23.1 Å². The van der Waals surface area contributed by atoms with Gasteiger partial charge in [0.1, 0.15) is 21.3 Å². The monoisotopic (exact) mass is 408 g/mol. The molecule has 0 radical (unpaired) electrons. The highest BCUT2D eigenvalue weighted by molar-refractivity contribution is 8.01. The fraction of sp³-hybridized carbons (Fsp3) is 0.421. The van der Waals surface area contributed by atoms with E-state index in [2.05, 4.69) is 0 Å². The summed E-state index contributed by atoms with van der Waals surface area (Å²) < 4.78 is 32.3. The zero-order chi connectivity index (χ0) is 18.6. The second-order valence-electron chi connectivity index (χ2n) is 7.44. The van der Waals surface area contributed by atoms with Crippen molar-refractivity contribution in [3.8, 4) is 5.75 Å². The molecule has 0 saturated carbocycles. The summed E-state index contributed by atoms with van der Waals surface area (Å²) in [6.45, 7) is 4.05. The van der Waals surface area contributed by atoms with Gasteiger partial charge in [-0.1, -0.05) is 18.2 Å². The van der Waals surface area contributed by atoms with Crippen LogP contribution < -0.4 is 4.74 Å². The minimum Gasteiger partial charge on any atom is -0.487 e. The molecule has 1 fully saturated rings. The number of carbonyl (C=O) groups excluding carboxylic acids is 1. The lowest BCUT2D eigenvalue weighted by atomic mass is 9.84. The molecule has 0 amide bonds. The Hall–Kier alpha value is -1.31. The first kappa shape index (κ1) is 18.1. The van der Waals surface area contributed by atoms with Gasteiger partial charge in [0.15, 0.2) is 0 Å². The van der Waals surface area contributed by atoms with Gasteiger partial charge in [-0.3, -0.25) is 4.79 Å². The van der Waals surface area contributed by atoms with E-state index in [4.69, 9.17) is 4.74 Å². The number of benzene rings is 1. The van der Waals surface area contributed by atoms with Gasteiger partial charge < -0.3 is 4.74 Å². The Bertz CT molecular complexity index is 948. The van der Waals surface area contributed by atoms with Crippen molar-refractivity contribution in [2.24, 2.45) is 0 Å². The molecule has 4 rings (SSSR count). The quantitative estimate of drug-likeness (QED) is 0.735. The molecule has 3 heterocycles. The SMILES string of the molecule is CC1(C)CC2(CCC(=O)CS2)c2sc(S(=O)(=O)c3ccccc3)cc2O1. The molecule has 4 nitrogen and oxygen atoms in total. The molecule has 1 aromatic heterocycles. The van der Waals surface area contributed by atoms with Crippen molar-refractivity contribution < 1.29 is 17.9 Å². The van der Waals surface area contributed by atoms with Gasteiger partial charge in [-0.15, -0.1) is 23.1 Å². The van der Waals surface area contributed by atoms with Crippen molar-refractivity contribution in [1.29, 1.82) is 0 Å². The summed E-state index contributed by atoms with van der Waals surface area (Å²) in [5.74, 6) is 1.40. The summed E-state index contributed by atoms with van der Waals surface area (Å²) >= 11 is 2.94. The molecule has 0 N–H and O–H groups in total. The van der Waals surface area contributed by atoms with Crippen LogP contribution in [-0.2, 0) is 19.4 Å². The maximum absolute atomic E-state index is 13.0. The predicted molar refractivity (Wildman–Crippen MR) is 104 cm³/mol. The molecule has 2 aromatic rings. The van der Waals surface area contributed by atoms with Crippen LogP contribution in [0.25, 0.3) is 0 Å². The highest BCUT2D eigenvalue weighted by Crippen LogP contribution is 2.59. The Morgan fingerprint density at radius 1 is 1.15 bits per heavy atom. The maximum Gasteiger partial charge on any atom is 0.216 e. The number of hydrogen-bond donors (Lipinski definition) is 0. The van der Waals surface area contributed by atoms with Crippen LogP contribution in [-0.4, -0.2) is 25.6 Å². The maximum atomic E-state index is 13.0.